The maximum absolute atomic E-state index is 15.0. The average molecular weight is 468 g/mol. The number of aromatic amines is 1. The Labute approximate surface area is 195 Å². The zero-order chi connectivity index (χ0) is 22.9. The van der Waals surface area contributed by atoms with Crippen LogP contribution in [0, 0.1) is 19.7 Å². The molecule has 172 valence electrons. The Morgan fingerprint density at radius 2 is 2.06 bits per heavy atom. The minimum Gasteiger partial charge on any atom is -0.435 e. The molecular formula is C24H26FN5O2S. The summed E-state index contributed by atoms with van der Waals surface area (Å²) in [5.41, 5.74) is 2.32. The number of nitrogens with one attached hydrogen (secondary N) is 2. The smallest absolute Gasteiger partial charge is 0.261 e. The summed E-state index contributed by atoms with van der Waals surface area (Å²) in [6.07, 6.45) is 5.12. The standard InChI is InChI=1S/C24H26FN5O2S/c1-14-12-16-17(29-14)6-7-18(20(16)25)32-23-19-15(2)21(33-24(19)28-13-27-23)22(31)26-8-11-30-9-4-3-5-10-30/h6-7,12-13,29H,3-5,8-11H2,1-2H3,(H,26,31). The van der Waals surface area contributed by atoms with E-state index in [1.807, 2.05) is 13.8 Å². The number of fused-ring (bicyclic) bond motifs is 2. The number of carbonyl (C=O) groups is 1. The van der Waals surface area contributed by atoms with Gasteiger partial charge in [0.05, 0.1) is 10.3 Å². The summed E-state index contributed by atoms with van der Waals surface area (Å²) in [6, 6.07) is 5.10. The molecule has 0 bridgehead atoms. The fraction of sp³-hybridized carbons (Fsp3) is 0.375. The number of likely N-dealkylation sites (tertiary alicyclic amines) is 1. The van der Waals surface area contributed by atoms with Gasteiger partial charge in [0.25, 0.3) is 5.91 Å². The highest BCUT2D eigenvalue weighted by Gasteiger charge is 2.22. The highest BCUT2D eigenvalue weighted by molar-refractivity contribution is 7.20. The van der Waals surface area contributed by atoms with Crippen LogP contribution in [0.2, 0.25) is 0 Å². The van der Waals surface area contributed by atoms with Gasteiger partial charge in [0.2, 0.25) is 5.88 Å². The van der Waals surface area contributed by atoms with Crippen LogP contribution in [-0.2, 0) is 0 Å². The second-order valence-electron chi connectivity index (χ2n) is 8.47. The largest absolute Gasteiger partial charge is 0.435 e. The highest BCUT2D eigenvalue weighted by atomic mass is 32.1. The van der Waals surface area contributed by atoms with Crippen LogP contribution >= 0.6 is 11.3 Å². The first-order chi connectivity index (χ1) is 16.0. The number of H-pyrrole nitrogens is 1. The Hall–Kier alpha value is -3.04. The number of halogens is 1. The number of amides is 1. The predicted octanol–water partition coefficient (Wildman–Crippen LogP) is 4.94. The number of hydrogen-bond acceptors (Lipinski definition) is 6. The van der Waals surface area contributed by atoms with E-state index in [0.29, 0.717) is 32.5 Å². The number of aryl methyl sites for hydroxylation is 2. The first kappa shape index (κ1) is 21.8. The van der Waals surface area contributed by atoms with Crippen LogP contribution in [-0.4, -0.2) is 51.9 Å². The molecule has 0 unspecified atom stereocenters. The van der Waals surface area contributed by atoms with Gasteiger partial charge in [-0.05, 0) is 63.5 Å². The Balaban J connectivity index is 1.37. The summed E-state index contributed by atoms with van der Waals surface area (Å²) in [6.45, 7) is 7.37. The van der Waals surface area contributed by atoms with Crippen molar-refractivity contribution in [2.24, 2.45) is 0 Å². The third-order valence-electron chi connectivity index (χ3n) is 6.10. The van der Waals surface area contributed by atoms with Crippen molar-refractivity contribution in [3.8, 4) is 11.6 Å². The maximum atomic E-state index is 15.0. The fourth-order valence-electron chi connectivity index (χ4n) is 4.40. The minimum atomic E-state index is -0.452. The van der Waals surface area contributed by atoms with Crippen molar-refractivity contribution in [1.82, 2.24) is 25.2 Å². The lowest BCUT2D eigenvalue weighted by atomic mass is 10.1. The molecular weight excluding hydrogens is 441 g/mol. The van der Waals surface area contributed by atoms with E-state index in [4.69, 9.17) is 4.74 Å². The van der Waals surface area contributed by atoms with E-state index in [-0.39, 0.29) is 17.5 Å². The zero-order valence-electron chi connectivity index (χ0n) is 18.7. The molecule has 1 fully saturated rings. The molecule has 0 aliphatic carbocycles. The molecule has 0 atom stereocenters. The summed E-state index contributed by atoms with van der Waals surface area (Å²) in [5, 5.41) is 4.12. The SMILES string of the molecule is Cc1cc2c(F)c(Oc3ncnc4sc(C(=O)NCCN5CCCCC5)c(C)c34)ccc2[nH]1. The molecule has 1 aliphatic heterocycles. The molecule has 33 heavy (non-hydrogen) atoms. The van der Waals surface area contributed by atoms with E-state index in [0.717, 1.165) is 30.9 Å². The summed E-state index contributed by atoms with van der Waals surface area (Å²) >= 11 is 1.30. The molecule has 3 aromatic heterocycles. The summed E-state index contributed by atoms with van der Waals surface area (Å²) in [7, 11) is 0. The third-order valence-corrected chi connectivity index (χ3v) is 7.30. The van der Waals surface area contributed by atoms with Crippen LogP contribution in [0.3, 0.4) is 0 Å². The van der Waals surface area contributed by atoms with Gasteiger partial charge in [-0.25, -0.2) is 14.4 Å². The van der Waals surface area contributed by atoms with Gasteiger partial charge < -0.3 is 19.9 Å². The van der Waals surface area contributed by atoms with Crippen LogP contribution in [0.25, 0.3) is 21.1 Å². The molecule has 1 saturated heterocycles. The Morgan fingerprint density at radius 1 is 1.24 bits per heavy atom. The van der Waals surface area contributed by atoms with Crippen molar-refractivity contribution in [2.75, 3.05) is 26.2 Å². The highest BCUT2D eigenvalue weighted by Crippen LogP contribution is 2.37. The number of rotatable bonds is 6. The lowest BCUT2D eigenvalue weighted by Crippen LogP contribution is -2.37. The summed E-state index contributed by atoms with van der Waals surface area (Å²) in [4.78, 5) is 28.2. The topological polar surface area (TPSA) is 83.1 Å². The van der Waals surface area contributed by atoms with Crippen LogP contribution in [0.15, 0.2) is 24.5 Å². The van der Waals surface area contributed by atoms with Crippen LogP contribution in [0.1, 0.15) is 40.2 Å². The summed E-state index contributed by atoms with van der Waals surface area (Å²) < 4.78 is 20.9. The molecule has 9 heteroatoms. The monoisotopic (exact) mass is 467 g/mol. The zero-order valence-corrected chi connectivity index (χ0v) is 19.5. The normalized spacial score (nSPS) is 14.8. The van der Waals surface area contributed by atoms with Gasteiger partial charge in [0.15, 0.2) is 11.6 Å². The molecule has 4 aromatic rings. The Kier molecular flexibility index (Phi) is 5.99. The predicted molar refractivity (Wildman–Crippen MR) is 128 cm³/mol. The Morgan fingerprint density at radius 3 is 2.88 bits per heavy atom. The van der Waals surface area contributed by atoms with Gasteiger partial charge in [0.1, 0.15) is 11.2 Å². The van der Waals surface area contributed by atoms with Crippen molar-refractivity contribution in [1.29, 1.82) is 0 Å². The molecule has 5 rings (SSSR count). The van der Waals surface area contributed by atoms with Crippen LogP contribution in [0.4, 0.5) is 4.39 Å². The fourth-order valence-corrected chi connectivity index (χ4v) is 5.45. The third kappa shape index (κ3) is 4.30. The van der Waals surface area contributed by atoms with E-state index < -0.39 is 5.82 Å². The van der Waals surface area contributed by atoms with Crippen LogP contribution in [0.5, 0.6) is 11.6 Å². The van der Waals surface area contributed by atoms with Gasteiger partial charge in [-0.1, -0.05) is 6.42 Å². The number of piperidine rings is 1. The molecule has 7 nitrogen and oxygen atoms in total. The van der Waals surface area contributed by atoms with E-state index >= 15 is 4.39 Å². The van der Waals surface area contributed by atoms with Crippen LogP contribution < -0.4 is 10.1 Å². The molecule has 0 radical (unpaired) electrons. The Bertz CT molecular complexity index is 1330. The number of nitrogens with zero attached hydrogens (tertiary/aromatic N) is 3. The molecule has 2 N–H and O–H groups in total. The van der Waals surface area contributed by atoms with E-state index in [1.165, 1.54) is 36.9 Å². The minimum absolute atomic E-state index is 0.0830. The molecule has 4 heterocycles. The van der Waals surface area contributed by atoms with Crippen molar-refractivity contribution in [2.45, 2.75) is 33.1 Å². The first-order valence-electron chi connectivity index (χ1n) is 11.2. The van der Waals surface area contributed by atoms with Gasteiger partial charge >= 0.3 is 0 Å². The van der Waals surface area contributed by atoms with Crippen molar-refractivity contribution in [3.05, 3.63) is 46.5 Å². The number of aromatic nitrogens is 3. The average Bonchev–Trinajstić information content (AvgIpc) is 3.37. The van der Waals surface area contributed by atoms with E-state index in [9.17, 15) is 4.79 Å². The molecule has 1 amide bonds. The van der Waals surface area contributed by atoms with Crippen molar-refractivity contribution < 1.29 is 13.9 Å². The van der Waals surface area contributed by atoms with Crippen molar-refractivity contribution >= 4 is 38.4 Å². The van der Waals surface area contributed by atoms with Gasteiger partial charge in [0, 0.05) is 29.7 Å². The number of hydrogen-bond donors (Lipinski definition) is 2. The first-order valence-corrected chi connectivity index (χ1v) is 12.0. The number of ether oxygens (including phenoxy) is 1. The number of carbonyl (C=O) groups excluding carboxylic acids is 1. The molecule has 0 saturated carbocycles. The number of benzene rings is 1. The van der Waals surface area contributed by atoms with Crippen molar-refractivity contribution in [3.63, 3.8) is 0 Å². The lowest BCUT2D eigenvalue weighted by molar-refractivity contribution is 0.0950. The summed E-state index contributed by atoms with van der Waals surface area (Å²) in [5.74, 6) is -0.257. The molecule has 1 aromatic carbocycles. The lowest BCUT2D eigenvalue weighted by Gasteiger charge is -2.26. The van der Waals surface area contributed by atoms with Gasteiger partial charge in [-0.15, -0.1) is 11.3 Å². The molecule has 1 aliphatic rings. The second kappa shape index (κ2) is 9.07. The maximum Gasteiger partial charge on any atom is 0.261 e. The van der Waals surface area contributed by atoms with E-state index in [2.05, 4.69) is 25.2 Å². The van der Waals surface area contributed by atoms with Gasteiger partial charge in [-0.2, -0.15) is 0 Å². The second-order valence-corrected chi connectivity index (χ2v) is 9.47. The molecule has 0 spiro atoms. The number of thiophene rings is 1. The van der Waals surface area contributed by atoms with E-state index in [1.54, 1.807) is 18.2 Å². The van der Waals surface area contributed by atoms with Gasteiger partial charge in [-0.3, -0.25) is 4.79 Å². The quantitative estimate of drug-likeness (QED) is 0.420.